The van der Waals surface area contributed by atoms with Crippen molar-refractivity contribution in [2.75, 3.05) is 7.05 Å². The second-order valence-electron chi connectivity index (χ2n) is 5.25. The Morgan fingerprint density at radius 2 is 2.10 bits per heavy atom. The number of aryl methyl sites for hydroxylation is 2. The molecule has 0 saturated carbocycles. The van der Waals surface area contributed by atoms with E-state index in [2.05, 4.69) is 44.3 Å². The first-order valence-corrected chi connectivity index (χ1v) is 7.86. The average Bonchev–Trinajstić information content (AvgIpc) is 2.79. The van der Waals surface area contributed by atoms with E-state index in [1.807, 2.05) is 32.8 Å². The van der Waals surface area contributed by atoms with Gasteiger partial charge in [-0.05, 0) is 37.9 Å². The Morgan fingerprint density at radius 3 is 2.80 bits per heavy atom. The third-order valence-corrected chi connectivity index (χ3v) is 5.46. The minimum atomic E-state index is 0.377. The lowest BCUT2D eigenvalue weighted by Crippen LogP contribution is -2.32. The highest BCUT2D eigenvalue weighted by Gasteiger charge is 2.30. The monoisotopic (exact) mass is 288 g/mol. The van der Waals surface area contributed by atoms with Crippen LogP contribution in [0.15, 0.2) is 29.4 Å². The van der Waals surface area contributed by atoms with Gasteiger partial charge in [0, 0.05) is 18.3 Å². The zero-order valence-corrected chi connectivity index (χ0v) is 12.9. The zero-order chi connectivity index (χ0) is 14.1. The lowest BCUT2D eigenvalue weighted by atomic mass is 9.87. The number of benzene rings is 1. The van der Waals surface area contributed by atoms with Crippen LogP contribution >= 0.6 is 11.8 Å². The van der Waals surface area contributed by atoms with Gasteiger partial charge in [0.1, 0.15) is 5.82 Å². The maximum atomic E-state index is 4.28. The molecule has 0 spiro atoms. The Balaban J connectivity index is 1.86. The van der Waals surface area contributed by atoms with Gasteiger partial charge in [-0.1, -0.05) is 36.0 Å². The summed E-state index contributed by atoms with van der Waals surface area (Å²) in [4.78, 5) is 0. The lowest BCUT2D eigenvalue weighted by molar-refractivity contribution is 0.509. The van der Waals surface area contributed by atoms with Crippen molar-refractivity contribution in [2.45, 2.75) is 36.2 Å². The molecule has 20 heavy (non-hydrogen) atoms. The van der Waals surface area contributed by atoms with Gasteiger partial charge in [-0.25, -0.2) is 0 Å². The first-order chi connectivity index (χ1) is 9.70. The number of rotatable bonds is 3. The van der Waals surface area contributed by atoms with Crippen molar-refractivity contribution in [3.05, 3.63) is 41.2 Å². The van der Waals surface area contributed by atoms with Crippen molar-refractivity contribution in [3.63, 3.8) is 0 Å². The van der Waals surface area contributed by atoms with E-state index < -0.39 is 0 Å². The number of hydrogen-bond acceptors (Lipinski definition) is 4. The summed E-state index contributed by atoms with van der Waals surface area (Å²) in [7, 11) is 4.07. The van der Waals surface area contributed by atoms with Gasteiger partial charge >= 0.3 is 0 Å². The molecule has 0 amide bonds. The van der Waals surface area contributed by atoms with Crippen LogP contribution in [0.4, 0.5) is 0 Å². The van der Waals surface area contributed by atoms with E-state index in [-0.39, 0.29) is 0 Å². The largest absolute Gasteiger partial charge is 0.312 e. The van der Waals surface area contributed by atoms with Gasteiger partial charge in [0.2, 0.25) is 0 Å². The molecular formula is C15H20N4S. The summed E-state index contributed by atoms with van der Waals surface area (Å²) in [5.74, 6) is 0.963. The van der Waals surface area contributed by atoms with Crippen LogP contribution in [0.3, 0.4) is 0 Å². The van der Waals surface area contributed by atoms with E-state index in [0.717, 1.165) is 17.4 Å². The molecule has 0 saturated heterocycles. The van der Waals surface area contributed by atoms with E-state index >= 15 is 0 Å². The summed E-state index contributed by atoms with van der Waals surface area (Å²) < 4.78 is 2.07. The molecule has 1 aliphatic carbocycles. The van der Waals surface area contributed by atoms with Crippen LogP contribution in [0.1, 0.15) is 29.4 Å². The number of nitrogens with zero attached hydrogens (tertiary/aromatic N) is 3. The molecule has 2 atom stereocenters. The maximum Gasteiger partial charge on any atom is 0.191 e. The topological polar surface area (TPSA) is 42.7 Å². The van der Waals surface area contributed by atoms with Crippen LogP contribution in [0.5, 0.6) is 0 Å². The Hall–Kier alpha value is -1.33. The molecule has 0 fully saturated rings. The minimum absolute atomic E-state index is 0.377. The molecule has 1 heterocycles. The molecule has 2 unspecified atom stereocenters. The van der Waals surface area contributed by atoms with Crippen molar-refractivity contribution in [1.82, 2.24) is 20.1 Å². The van der Waals surface area contributed by atoms with E-state index in [1.54, 1.807) is 0 Å². The summed E-state index contributed by atoms with van der Waals surface area (Å²) in [6.45, 7) is 1.99. The molecule has 0 bridgehead atoms. The number of thioether (sulfide) groups is 1. The molecule has 5 heteroatoms. The van der Waals surface area contributed by atoms with Crippen LogP contribution in [-0.4, -0.2) is 27.1 Å². The van der Waals surface area contributed by atoms with Crippen molar-refractivity contribution >= 4 is 11.8 Å². The predicted octanol–water partition coefficient (Wildman–Crippen LogP) is 2.49. The number of aromatic nitrogens is 3. The van der Waals surface area contributed by atoms with Gasteiger partial charge in [0.25, 0.3) is 0 Å². The predicted molar refractivity (Wildman–Crippen MR) is 81.9 cm³/mol. The number of fused-ring (bicyclic) bond motifs is 1. The van der Waals surface area contributed by atoms with Crippen LogP contribution in [0.2, 0.25) is 0 Å². The molecule has 106 valence electrons. The van der Waals surface area contributed by atoms with Gasteiger partial charge < -0.3 is 9.88 Å². The molecule has 1 aromatic carbocycles. The Labute approximate surface area is 124 Å². The number of hydrogen-bond donors (Lipinski definition) is 1. The lowest BCUT2D eigenvalue weighted by Gasteiger charge is -2.32. The molecule has 0 radical (unpaired) electrons. The molecular weight excluding hydrogens is 268 g/mol. The average molecular weight is 288 g/mol. The summed E-state index contributed by atoms with van der Waals surface area (Å²) in [6.07, 6.45) is 2.31. The SMILES string of the molecule is CNC1c2ccccc2CCC1Sc1nnc(C)n1C. The van der Waals surface area contributed by atoms with E-state index in [9.17, 15) is 0 Å². The smallest absolute Gasteiger partial charge is 0.191 e. The van der Waals surface area contributed by atoms with Crippen molar-refractivity contribution < 1.29 is 0 Å². The fourth-order valence-corrected chi connectivity index (χ4v) is 4.13. The molecule has 4 nitrogen and oxygen atoms in total. The second kappa shape index (κ2) is 5.58. The van der Waals surface area contributed by atoms with E-state index in [0.29, 0.717) is 11.3 Å². The fraction of sp³-hybridized carbons (Fsp3) is 0.467. The van der Waals surface area contributed by atoms with E-state index in [4.69, 9.17) is 0 Å². The van der Waals surface area contributed by atoms with Gasteiger partial charge in [-0.15, -0.1) is 10.2 Å². The van der Waals surface area contributed by atoms with Crippen molar-refractivity contribution in [3.8, 4) is 0 Å². The van der Waals surface area contributed by atoms with Crippen LogP contribution in [-0.2, 0) is 13.5 Å². The first-order valence-electron chi connectivity index (χ1n) is 6.98. The Kier molecular flexibility index (Phi) is 3.81. The molecule has 3 rings (SSSR count). The van der Waals surface area contributed by atoms with Crippen LogP contribution in [0.25, 0.3) is 0 Å². The van der Waals surface area contributed by atoms with Gasteiger partial charge in [0.15, 0.2) is 5.16 Å². The molecule has 1 aromatic heterocycles. The first kappa shape index (κ1) is 13.6. The fourth-order valence-electron chi connectivity index (χ4n) is 2.82. The molecule has 1 aliphatic rings. The highest BCUT2D eigenvalue weighted by Crippen LogP contribution is 2.39. The van der Waals surface area contributed by atoms with Gasteiger partial charge in [0.05, 0.1) is 0 Å². The minimum Gasteiger partial charge on any atom is -0.312 e. The quantitative estimate of drug-likeness (QED) is 0.942. The third kappa shape index (κ3) is 2.36. The van der Waals surface area contributed by atoms with Crippen molar-refractivity contribution in [2.24, 2.45) is 7.05 Å². The third-order valence-electron chi connectivity index (χ3n) is 4.08. The zero-order valence-electron chi connectivity index (χ0n) is 12.1. The molecule has 1 N–H and O–H groups in total. The number of nitrogens with one attached hydrogen (secondary N) is 1. The molecule has 2 aromatic rings. The second-order valence-corrected chi connectivity index (χ2v) is 6.46. The Morgan fingerprint density at radius 1 is 1.30 bits per heavy atom. The summed E-state index contributed by atoms with van der Waals surface area (Å²) >= 11 is 1.84. The highest BCUT2D eigenvalue weighted by molar-refractivity contribution is 7.99. The van der Waals surface area contributed by atoms with Crippen LogP contribution < -0.4 is 5.32 Å². The van der Waals surface area contributed by atoms with Gasteiger partial charge in [-0.2, -0.15) is 0 Å². The normalized spacial score (nSPS) is 21.8. The van der Waals surface area contributed by atoms with Crippen molar-refractivity contribution in [1.29, 1.82) is 0 Å². The van der Waals surface area contributed by atoms with Crippen LogP contribution in [0, 0.1) is 6.92 Å². The molecule has 0 aliphatic heterocycles. The summed E-state index contributed by atoms with van der Waals surface area (Å²) in [5, 5.41) is 13.4. The van der Waals surface area contributed by atoms with E-state index in [1.165, 1.54) is 17.5 Å². The Bertz CT molecular complexity index is 608. The maximum absolute atomic E-state index is 4.28. The highest BCUT2D eigenvalue weighted by atomic mass is 32.2. The summed E-state index contributed by atoms with van der Waals surface area (Å²) in [5.41, 5.74) is 2.90. The van der Waals surface area contributed by atoms with Gasteiger partial charge in [-0.3, -0.25) is 0 Å². The standard InChI is InChI=1S/C15H20N4S/c1-10-17-18-15(19(10)3)20-13-9-8-11-6-4-5-7-12(11)14(13)16-2/h4-7,13-14,16H,8-9H2,1-3H3. The summed E-state index contributed by atoms with van der Waals surface area (Å²) in [6, 6.07) is 9.12.